The lowest BCUT2D eigenvalue weighted by Crippen LogP contribution is -2.39. The second-order valence-electron chi connectivity index (χ2n) is 6.23. The molecule has 1 aromatic rings. The van der Waals surface area contributed by atoms with Crippen molar-refractivity contribution in [1.82, 2.24) is 15.6 Å². The summed E-state index contributed by atoms with van der Waals surface area (Å²) in [6.45, 7) is 3.91. The summed E-state index contributed by atoms with van der Waals surface area (Å²) in [6.07, 6.45) is 3.24. The lowest BCUT2D eigenvalue weighted by Gasteiger charge is -2.16. The van der Waals surface area contributed by atoms with E-state index in [4.69, 9.17) is 4.74 Å². The molecule has 1 heterocycles. The zero-order valence-electron chi connectivity index (χ0n) is 15.5. The molecular formula is C17H28F3IN4OS. The molecule has 5 nitrogen and oxygen atoms in total. The van der Waals surface area contributed by atoms with Crippen molar-refractivity contribution in [3.63, 3.8) is 0 Å². The molecule has 0 amide bonds. The van der Waals surface area contributed by atoms with Crippen LogP contribution < -0.4 is 10.6 Å². The second-order valence-corrected chi connectivity index (χ2v) is 7.17. The van der Waals surface area contributed by atoms with Crippen LogP contribution >= 0.6 is 35.3 Å². The van der Waals surface area contributed by atoms with Crippen molar-refractivity contribution in [1.29, 1.82) is 0 Å². The van der Waals surface area contributed by atoms with Crippen LogP contribution in [-0.4, -0.2) is 36.7 Å². The zero-order chi connectivity index (χ0) is 18.8. The third-order valence-electron chi connectivity index (χ3n) is 4.11. The van der Waals surface area contributed by atoms with Crippen LogP contribution in [0.3, 0.4) is 0 Å². The Bertz CT molecular complexity index is 561. The summed E-state index contributed by atoms with van der Waals surface area (Å²) < 4.78 is 43.6. The van der Waals surface area contributed by atoms with E-state index in [1.54, 1.807) is 0 Å². The van der Waals surface area contributed by atoms with Gasteiger partial charge in [-0.3, -0.25) is 0 Å². The molecule has 0 saturated heterocycles. The number of ether oxygens (including phenoxy) is 1. The Labute approximate surface area is 179 Å². The number of halogens is 4. The van der Waals surface area contributed by atoms with Gasteiger partial charge < -0.3 is 15.4 Å². The van der Waals surface area contributed by atoms with Crippen LogP contribution in [0, 0.1) is 0 Å². The van der Waals surface area contributed by atoms with E-state index in [1.165, 1.54) is 25.7 Å². The highest BCUT2D eigenvalue weighted by molar-refractivity contribution is 14.0. The normalized spacial score (nSPS) is 16.5. The predicted molar refractivity (Wildman–Crippen MR) is 113 cm³/mol. The van der Waals surface area contributed by atoms with Gasteiger partial charge in [-0.15, -0.1) is 35.3 Å². The van der Waals surface area contributed by atoms with E-state index in [1.807, 2.05) is 6.92 Å². The summed E-state index contributed by atoms with van der Waals surface area (Å²) in [7, 11) is 0. The molecule has 0 unspecified atom stereocenters. The third kappa shape index (κ3) is 9.42. The molecule has 0 radical (unpaired) electrons. The van der Waals surface area contributed by atoms with Gasteiger partial charge in [0, 0.05) is 18.5 Å². The minimum atomic E-state index is -4.41. The second kappa shape index (κ2) is 12.8. The van der Waals surface area contributed by atoms with Gasteiger partial charge in [-0.1, -0.05) is 25.7 Å². The molecule has 156 valence electrons. The number of aliphatic imine (C=N–C) groups is 1. The lowest BCUT2D eigenvalue weighted by molar-refractivity contribution is -0.140. The van der Waals surface area contributed by atoms with Gasteiger partial charge in [0.25, 0.3) is 0 Å². The van der Waals surface area contributed by atoms with E-state index in [-0.39, 0.29) is 30.5 Å². The molecule has 1 fully saturated rings. The molecule has 0 aliphatic heterocycles. The van der Waals surface area contributed by atoms with Crippen LogP contribution in [0.15, 0.2) is 10.4 Å². The highest BCUT2D eigenvalue weighted by atomic mass is 127. The molecule has 0 aromatic carbocycles. The summed E-state index contributed by atoms with van der Waals surface area (Å²) in [6, 6.07) is 0. The van der Waals surface area contributed by atoms with E-state index in [0.29, 0.717) is 36.8 Å². The third-order valence-corrected chi connectivity index (χ3v) is 4.94. The zero-order valence-corrected chi connectivity index (χ0v) is 18.6. The fourth-order valence-electron chi connectivity index (χ4n) is 2.81. The molecule has 27 heavy (non-hydrogen) atoms. The maximum absolute atomic E-state index is 12.6. The number of aromatic nitrogens is 1. The first-order valence-corrected chi connectivity index (χ1v) is 10.0. The molecule has 1 aromatic heterocycles. The first kappa shape index (κ1) is 24.4. The van der Waals surface area contributed by atoms with Crippen LogP contribution in [-0.2, 0) is 17.5 Å². The number of hydrogen-bond donors (Lipinski definition) is 2. The summed E-state index contributed by atoms with van der Waals surface area (Å²) in [5, 5.41) is 7.58. The largest absolute Gasteiger partial charge is 0.434 e. The molecule has 1 aliphatic rings. The molecular weight excluding hydrogens is 492 g/mol. The Morgan fingerprint density at radius 2 is 1.96 bits per heavy atom. The van der Waals surface area contributed by atoms with Gasteiger partial charge >= 0.3 is 6.18 Å². The van der Waals surface area contributed by atoms with Crippen molar-refractivity contribution in [2.45, 2.75) is 64.3 Å². The lowest BCUT2D eigenvalue weighted by atomic mass is 10.1. The van der Waals surface area contributed by atoms with Crippen LogP contribution in [0.4, 0.5) is 13.2 Å². The number of guanidine groups is 1. The number of nitrogens with zero attached hydrogens (tertiary/aromatic N) is 2. The predicted octanol–water partition coefficient (Wildman–Crippen LogP) is 4.57. The summed E-state index contributed by atoms with van der Waals surface area (Å²) in [4.78, 5) is 7.88. The molecule has 0 bridgehead atoms. The van der Waals surface area contributed by atoms with E-state index < -0.39 is 11.9 Å². The van der Waals surface area contributed by atoms with Gasteiger partial charge in [0.2, 0.25) is 0 Å². The van der Waals surface area contributed by atoms with Gasteiger partial charge in [-0.2, -0.15) is 13.2 Å². The minimum Gasteiger partial charge on any atom is -0.376 e. The maximum atomic E-state index is 12.6. The SMILES string of the molecule is CCNC(=NCc1nc(C(F)(F)F)cs1)NCCOC1CCCCCC1.I. The molecule has 1 saturated carbocycles. The highest BCUT2D eigenvalue weighted by Gasteiger charge is 2.33. The van der Waals surface area contributed by atoms with Crippen LogP contribution in [0.5, 0.6) is 0 Å². The Kier molecular flexibility index (Phi) is 11.5. The van der Waals surface area contributed by atoms with Gasteiger partial charge in [-0.25, -0.2) is 9.98 Å². The van der Waals surface area contributed by atoms with Crippen molar-refractivity contribution in [3.8, 4) is 0 Å². The Hall–Kier alpha value is -0.620. The Morgan fingerprint density at radius 1 is 1.26 bits per heavy atom. The monoisotopic (exact) mass is 520 g/mol. The number of hydrogen-bond acceptors (Lipinski definition) is 4. The van der Waals surface area contributed by atoms with Crippen LogP contribution in [0.1, 0.15) is 56.2 Å². The topological polar surface area (TPSA) is 58.5 Å². The van der Waals surface area contributed by atoms with Crippen molar-refractivity contribution in [3.05, 3.63) is 16.1 Å². The standard InChI is InChI=1S/C17H27F3N4OS.HI/c1-2-21-16(22-9-10-25-13-7-5-3-4-6-8-13)23-11-15-24-14(12-26-15)17(18,19)20;/h12-13H,2-11H2,1H3,(H2,21,22,23);1H. The fraction of sp³-hybridized carbons (Fsp3) is 0.765. The smallest absolute Gasteiger partial charge is 0.376 e. The van der Waals surface area contributed by atoms with Crippen molar-refractivity contribution in [2.24, 2.45) is 4.99 Å². The summed E-state index contributed by atoms with van der Waals surface area (Å²) >= 11 is 0.967. The van der Waals surface area contributed by atoms with Gasteiger partial charge in [0.05, 0.1) is 19.3 Å². The fourth-order valence-corrected chi connectivity index (χ4v) is 3.53. The Morgan fingerprint density at radius 3 is 2.56 bits per heavy atom. The van der Waals surface area contributed by atoms with Crippen molar-refractivity contribution in [2.75, 3.05) is 19.7 Å². The summed E-state index contributed by atoms with van der Waals surface area (Å²) in [5.41, 5.74) is -0.859. The first-order chi connectivity index (χ1) is 12.5. The molecule has 10 heteroatoms. The average Bonchev–Trinajstić information content (AvgIpc) is 2.93. The van der Waals surface area contributed by atoms with E-state index in [0.717, 1.165) is 29.6 Å². The highest BCUT2D eigenvalue weighted by Crippen LogP contribution is 2.30. The number of thiazole rings is 1. The van der Waals surface area contributed by atoms with E-state index >= 15 is 0 Å². The first-order valence-electron chi connectivity index (χ1n) is 9.14. The van der Waals surface area contributed by atoms with Gasteiger partial charge in [0.15, 0.2) is 11.7 Å². The number of nitrogens with one attached hydrogen (secondary N) is 2. The number of alkyl halides is 3. The van der Waals surface area contributed by atoms with Crippen molar-refractivity contribution < 1.29 is 17.9 Å². The van der Waals surface area contributed by atoms with Crippen LogP contribution in [0.2, 0.25) is 0 Å². The maximum Gasteiger partial charge on any atom is 0.434 e. The van der Waals surface area contributed by atoms with E-state index in [9.17, 15) is 13.2 Å². The van der Waals surface area contributed by atoms with Crippen LogP contribution in [0.25, 0.3) is 0 Å². The molecule has 2 rings (SSSR count). The van der Waals surface area contributed by atoms with Gasteiger partial charge in [0.1, 0.15) is 5.01 Å². The molecule has 0 atom stereocenters. The van der Waals surface area contributed by atoms with E-state index in [2.05, 4.69) is 20.6 Å². The average molecular weight is 520 g/mol. The Balaban J connectivity index is 0.00000364. The summed E-state index contributed by atoms with van der Waals surface area (Å²) in [5.74, 6) is 0.556. The molecule has 1 aliphatic carbocycles. The minimum absolute atomic E-state index is 0. The van der Waals surface area contributed by atoms with Gasteiger partial charge in [-0.05, 0) is 19.8 Å². The van der Waals surface area contributed by atoms with Crippen molar-refractivity contribution >= 4 is 41.3 Å². The quantitative estimate of drug-likeness (QED) is 0.182. The molecule has 0 spiro atoms. The number of rotatable bonds is 7. The molecule has 2 N–H and O–H groups in total.